The maximum Gasteiger partial charge on any atom is 0.295 e. The van der Waals surface area contributed by atoms with Gasteiger partial charge in [0.2, 0.25) is 0 Å². The third kappa shape index (κ3) is 4.16. The standard InChI is InChI=1S/C23H28N6O/c1-18-22(23(30)29(27(18)3)21-7-5-4-6-8-21)25-20-11-9-19(10-12-20)17-24-28-15-13-26(2)14-16-28/h4-12,17,25H,13-16H2,1-3H3/p+1/b24-17-. The molecule has 2 aromatic carbocycles. The predicted molar refractivity (Wildman–Crippen MR) is 121 cm³/mol. The Kier molecular flexibility index (Phi) is 5.72. The van der Waals surface area contributed by atoms with E-state index in [1.165, 1.54) is 0 Å². The molecular weight excluding hydrogens is 376 g/mol. The zero-order chi connectivity index (χ0) is 21.1. The summed E-state index contributed by atoms with van der Waals surface area (Å²) in [5, 5.41) is 10.0. The number of piperazine rings is 1. The second-order valence-electron chi connectivity index (χ2n) is 7.84. The topological polar surface area (TPSA) is 59.0 Å². The van der Waals surface area contributed by atoms with Crippen molar-refractivity contribution in [2.45, 2.75) is 6.92 Å². The van der Waals surface area contributed by atoms with E-state index in [0.717, 1.165) is 48.8 Å². The molecule has 0 radical (unpaired) electrons. The van der Waals surface area contributed by atoms with Gasteiger partial charge in [-0.05, 0) is 36.8 Å². The average molecular weight is 406 g/mol. The van der Waals surface area contributed by atoms with Gasteiger partial charge in [-0.3, -0.25) is 14.5 Å². The highest BCUT2D eigenvalue weighted by molar-refractivity contribution is 5.80. The maximum absolute atomic E-state index is 13.0. The molecule has 1 aliphatic heterocycles. The van der Waals surface area contributed by atoms with Gasteiger partial charge in [-0.1, -0.05) is 30.3 Å². The Bertz CT molecular complexity index is 1070. The van der Waals surface area contributed by atoms with Crippen LogP contribution in [0.25, 0.3) is 5.69 Å². The SMILES string of the molecule is Cc1c(Nc2ccc(/C=N\N3CC[NH+](C)CC3)cc2)c(=O)n(-c2ccccc2)n1C. The average Bonchev–Trinajstić information content (AvgIpc) is 2.98. The molecule has 2 N–H and O–H groups in total. The van der Waals surface area contributed by atoms with Gasteiger partial charge < -0.3 is 10.2 Å². The molecule has 0 spiro atoms. The molecule has 0 bridgehead atoms. The Hall–Kier alpha value is -3.32. The molecule has 3 aromatic rings. The molecule has 1 aromatic heterocycles. The molecule has 4 rings (SSSR count). The molecule has 7 heteroatoms. The summed E-state index contributed by atoms with van der Waals surface area (Å²) in [4.78, 5) is 14.6. The minimum absolute atomic E-state index is 0.0657. The van der Waals surface area contributed by atoms with Gasteiger partial charge in [-0.15, -0.1) is 0 Å². The first-order valence-electron chi connectivity index (χ1n) is 10.3. The molecule has 30 heavy (non-hydrogen) atoms. The van der Waals surface area contributed by atoms with E-state index in [9.17, 15) is 4.79 Å². The largest absolute Gasteiger partial charge is 0.349 e. The van der Waals surface area contributed by atoms with Crippen molar-refractivity contribution in [1.82, 2.24) is 14.4 Å². The molecule has 0 aliphatic carbocycles. The molecule has 2 heterocycles. The first-order chi connectivity index (χ1) is 14.5. The smallest absolute Gasteiger partial charge is 0.295 e. The van der Waals surface area contributed by atoms with Gasteiger partial charge in [0, 0.05) is 12.7 Å². The predicted octanol–water partition coefficient (Wildman–Crippen LogP) is 1.39. The Morgan fingerprint density at radius 2 is 1.70 bits per heavy atom. The van der Waals surface area contributed by atoms with Crippen molar-refractivity contribution in [3.8, 4) is 5.69 Å². The second kappa shape index (κ2) is 8.59. The van der Waals surface area contributed by atoms with E-state index in [-0.39, 0.29) is 5.56 Å². The van der Waals surface area contributed by atoms with Crippen LogP contribution >= 0.6 is 0 Å². The summed E-state index contributed by atoms with van der Waals surface area (Å²) < 4.78 is 3.55. The maximum atomic E-state index is 13.0. The lowest BCUT2D eigenvalue weighted by Crippen LogP contribution is -3.11. The van der Waals surface area contributed by atoms with Gasteiger partial charge in [-0.25, -0.2) is 4.68 Å². The molecular formula is C23H29N6O+. The minimum Gasteiger partial charge on any atom is -0.349 e. The first kappa shape index (κ1) is 20.0. The van der Waals surface area contributed by atoms with Gasteiger partial charge in [-0.2, -0.15) is 5.10 Å². The number of hydrogen-bond donors (Lipinski definition) is 2. The van der Waals surface area contributed by atoms with Gasteiger partial charge in [0.15, 0.2) is 0 Å². The van der Waals surface area contributed by atoms with Gasteiger partial charge in [0.05, 0.1) is 50.8 Å². The number of nitrogens with one attached hydrogen (secondary N) is 2. The Morgan fingerprint density at radius 1 is 1.03 bits per heavy atom. The molecule has 0 atom stereocenters. The summed E-state index contributed by atoms with van der Waals surface area (Å²) in [5.41, 5.74) is 4.16. The van der Waals surface area contributed by atoms with Crippen LogP contribution in [0, 0.1) is 6.92 Å². The Balaban J connectivity index is 1.49. The fraction of sp³-hybridized carbons (Fsp3) is 0.304. The first-order valence-corrected chi connectivity index (χ1v) is 10.3. The number of nitrogens with zero attached hydrogens (tertiary/aromatic N) is 4. The molecule has 1 saturated heterocycles. The summed E-state index contributed by atoms with van der Waals surface area (Å²) in [6.07, 6.45) is 1.90. The quantitative estimate of drug-likeness (QED) is 0.631. The zero-order valence-electron chi connectivity index (χ0n) is 17.8. The summed E-state index contributed by atoms with van der Waals surface area (Å²) in [5.74, 6) is 0. The lowest BCUT2D eigenvalue weighted by atomic mass is 10.2. The molecule has 0 saturated carbocycles. The van der Waals surface area contributed by atoms with Gasteiger partial charge in [0.25, 0.3) is 5.56 Å². The van der Waals surface area contributed by atoms with Gasteiger partial charge in [0.1, 0.15) is 5.69 Å². The lowest BCUT2D eigenvalue weighted by molar-refractivity contribution is -0.884. The van der Waals surface area contributed by atoms with E-state index in [1.54, 1.807) is 9.58 Å². The summed E-state index contributed by atoms with van der Waals surface area (Å²) in [7, 11) is 4.12. The van der Waals surface area contributed by atoms with Crippen LogP contribution in [0.1, 0.15) is 11.3 Å². The second-order valence-corrected chi connectivity index (χ2v) is 7.84. The van der Waals surface area contributed by atoms with E-state index < -0.39 is 0 Å². The number of benzene rings is 2. The lowest BCUT2D eigenvalue weighted by Gasteiger charge is -2.27. The number of hydrogen-bond acceptors (Lipinski definition) is 4. The number of aromatic nitrogens is 2. The normalized spacial score (nSPS) is 15.1. The van der Waals surface area contributed by atoms with Crippen LogP contribution in [0.15, 0.2) is 64.5 Å². The molecule has 7 nitrogen and oxygen atoms in total. The third-order valence-electron chi connectivity index (χ3n) is 5.70. The molecule has 156 valence electrons. The van der Waals surface area contributed by atoms with Crippen molar-refractivity contribution < 1.29 is 4.90 Å². The van der Waals surface area contributed by atoms with Crippen LogP contribution in [0.4, 0.5) is 11.4 Å². The summed E-state index contributed by atoms with van der Waals surface area (Å²) in [6, 6.07) is 17.7. The summed E-state index contributed by atoms with van der Waals surface area (Å²) in [6.45, 7) is 6.17. The van der Waals surface area contributed by atoms with Crippen LogP contribution in [-0.4, -0.2) is 53.8 Å². The number of quaternary nitrogens is 1. The molecule has 0 unspecified atom stereocenters. The van der Waals surface area contributed by atoms with E-state index in [4.69, 9.17) is 0 Å². The van der Waals surface area contributed by atoms with Crippen molar-refractivity contribution in [2.24, 2.45) is 12.1 Å². The number of likely N-dealkylation sites (N-methyl/N-ethyl adjacent to an activating group) is 1. The highest BCUT2D eigenvalue weighted by Crippen LogP contribution is 2.19. The van der Waals surface area contributed by atoms with E-state index >= 15 is 0 Å². The van der Waals surface area contributed by atoms with Crippen molar-refractivity contribution in [3.05, 3.63) is 76.2 Å². The van der Waals surface area contributed by atoms with E-state index in [1.807, 2.05) is 79.5 Å². The van der Waals surface area contributed by atoms with E-state index in [2.05, 4.69) is 22.5 Å². The van der Waals surface area contributed by atoms with Crippen molar-refractivity contribution in [1.29, 1.82) is 0 Å². The molecule has 1 aliphatic rings. The van der Waals surface area contributed by atoms with Crippen LogP contribution < -0.4 is 15.8 Å². The Labute approximate surface area is 176 Å². The molecule has 1 fully saturated rings. The fourth-order valence-corrected chi connectivity index (χ4v) is 3.65. The van der Waals surface area contributed by atoms with Crippen LogP contribution in [0.3, 0.4) is 0 Å². The molecule has 0 amide bonds. The third-order valence-corrected chi connectivity index (χ3v) is 5.70. The van der Waals surface area contributed by atoms with Crippen molar-refractivity contribution in [3.63, 3.8) is 0 Å². The zero-order valence-corrected chi connectivity index (χ0v) is 17.8. The van der Waals surface area contributed by atoms with E-state index in [0.29, 0.717) is 5.69 Å². The number of hydrazone groups is 1. The highest BCUT2D eigenvalue weighted by Gasteiger charge is 2.16. The number of para-hydroxylation sites is 1. The Morgan fingerprint density at radius 3 is 2.37 bits per heavy atom. The highest BCUT2D eigenvalue weighted by atomic mass is 16.1. The summed E-state index contributed by atoms with van der Waals surface area (Å²) >= 11 is 0. The van der Waals surface area contributed by atoms with Crippen molar-refractivity contribution in [2.75, 3.05) is 38.5 Å². The minimum atomic E-state index is -0.0657. The monoisotopic (exact) mass is 405 g/mol. The number of anilines is 2. The van der Waals surface area contributed by atoms with Crippen LogP contribution in [-0.2, 0) is 7.05 Å². The van der Waals surface area contributed by atoms with Crippen LogP contribution in [0.5, 0.6) is 0 Å². The van der Waals surface area contributed by atoms with Gasteiger partial charge >= 0.3 is 0 Å². The fourth-order valence-electron chi connectivity index (χ4n) is 3.65. The van der Waals surface area contributed by atoms with Crippen LogP contribution in [0.2, 0.25) is 0 Å². The number of rotatable bonds is 5. The van der Waals surface area contributed by atoms with Crippen molar-refractivity contribution >= 4 is 17.6 Å².